The zero-order chi connectivity index (χ0) is 14.8. The number of hydrogen-bond donors (Lipinski definition) is 3. The van der Waals surface area contributed by atoms with Crippen LogP contribution in [-0.4, -0.2) is 23.0 Å². The fourth-order valence-corrected chi connectivity index (χ4v) is 3.79. The van der Waals surface area contributed by atoms with E-state index in [0.29, 0.717) is 22.8 Å². The molecule has 5 nitrogen and oxygen atoms in total. The molecule has 1 aromatic heterocycles. The van der Waals surface area contributed by atoms with Crippen LogP contribution in [-0.2, 0) is 0 Å². The maximum absolute atomic E-state index is 12.4. The molecule has 1 aromatic rings. The number of carbonyl (C=O) groups is 1. The van der Waals surface area contributed by atoms with Crippen LogP contribution >= 0.6 is 11.3 Å². The van der Waals surface area contributed by atoms with Crippen molar-refractivity contribution in [3.63, 3.8) is 0 Å². The molecule has 2 fully saturated rings. The van der Waals surface area contributed by atoms with Crippen molar-refractivity contribution in [2.45, 2.75) is 64.0 Å². The monoisotopic (exact) mass is 308 g/mol. The number of carbonyl (C=O) groups excluding carboxylic acids is 1. The van der Waals surface area contributed by atoms with Gasteiger partial charge in [-0.05, 0) is 44.4 Å². The van der Waals surface area contributed by atoms with Gasteiger partial charge in [-0.2, -0.15) is 0 Å². The highest BCUT2D eigenvalue weighted by Gasteiger charge is 2.26. The quantitative estimate of drug-likeness (QED) is 0.781. The number of nitrogens with one attached hydrogen (secondary N) is 2. The normalized spacial score (nSPS) is 25.6. The van der Waals surface area contributed by atoms with Gasteiger partial charge >= 0.3 is 0 Å². The number of anilines is 2. The fourth-order valence-electron chi connectivity index (χ4n) is 2.92. The number of nitrogen functional groups attached to an aromatic ring is 1. The van der Waals surface area contributed by atoms with Crippen molar-refractivity contribution in [2.75, 3.05) is 11.1 Å². The highest BCUT2D eigenvalue weighted by Crippen LogP contribution is 2.31. The van der Waals surface area contributed by atoms with Gasteiger partial charge in [-0.1, -0.05) is 24.7 Å². The maximum Gasteiger partial charge on any atom is 0.265 e. The first kappa shape index (κ1) is 14.6. The second-order valence-electron chi connectivity index (χ2n) is 6.25. The van der Waals surface area contributed by atoms with Crippen LogP contribution in [0.15, 0.2) is 0 Å². The summed E-state index contributed by atoms with van der Waals surface area (Å²) < 4.78 is 0. The molecule has 0 radical (unpaired) electrons. The summed E-state index contributed by atoms with van der Waals surface area (Å²) in [6, 6.07) is 0.817. The van der Waals surface area contributed by atoms with Crippen molar-refractivity contribution in [3.05, 3.63) is 4.88 Å². The predicted molar refractivity (Wildman–Crippen MR) is 86.7 cm³/mol. The molecule has 21 heavy (non-hydrogen) atoms. The number of aromatic nitrogens is 1. The molecule has 2 saturated carbocycles. The molecule has 6 heteroatoms. The van der Waals surface area contributed by atoms with Gasteiger partial charge in [0.1, 0.15) is 10.7 Å². The number of amides is 1. The minimum absolute atomic E-state index is 0.0613. The molecule has 0 atom stereocenters. The van der Waals surface area contributed by atoms with Crippen LogP contribution in [0.2, 0.25) is 0 Å². The number of nitrogens with two attached hydrogens (primary N) is 1. The van der Waals surface area contributed by atoms with Crippen LogP contribution in [0.4, 0.5) is 10.9 Å². The summed E-state index contributed by atoms with van der Waals surface area (Å²) in [5, 5.41) is 7.20. The summed E-state index contributed by atoms with van der Waals surface area (Å²) in [6.07, 6.45) is 8.20. The van der Waals surface area contributed by atoms with Crippen LogP contribution in [0.1, 0.15) is 61.5 Å². The molecule has 4 N–H and O–H groups in total. The van der Waals surface area contributed by atoms with Crippen molar-refractivity contribution >= 4 is 28.2 Å². The van der Waals surface area contributed by atoms with E-state index < -0.39 is 0 Å². The van der Waals surface area contributed by atoms with Gasteiger partial charge < -0.3 is 16.4 Å². The third kappa shape index (κ3) is 3.67. The largest absolute Gasteiger partial charge is 0.382 e. The number of thiazole rings is 1. The summed E-state index contributed by atoms with van der Waals surface area (Å²) in [6.45, 7) is 2.25. The van der Waals surface area contributed by atoms with Crippen LogP contribution in [0.5, 0.6) is 0 Å². The van der Waals surface area contributed by atoms with E-state index in [-0.39, 0.29) is 5.91 Å². The average Bonchev–Trinajstić information content (AvgIpc) is 3.21. The molecule has 0 unspecified atom stereocenters. The maximum atomic E-state index is 12.4. The van der Waals surface area contributed by atoms with Crippen molar-refractivity contribution in [1.82, 2.24) is 10.3 Å². The van der Waals surface area contributed by atoms with Crippen molar-refractivity contribution < 1.29 is 4.79 Å². The van der Waals surface area contributed by atoms with Crippen molar-refractivity contribution in [2.24, 2.45) is 5.92 Å². The van der Waals surface area contributed by atoms with Gasteiger partial charge in [-0.25, -0.2) is 4.98 Å². The molecule has 1 heterocycles. The molecule has 0 aliphatic heterocycles. The summed E-state index contributed by atoms with van der Waals surface area (Å²) in [5.74, 6) is 1.12. The van der Waals surface area contributed by atoms with Crippen LogP contribution < -0.4 is 16.4 Å². The first-order valence-electron chi connectivity index (χ1n) is 7.99. The molecule has 2 aliphatic carbocycles. The van der Waals surface area contributed by atoms with E-state index in [2.05, 4.69) is 22.5 Å². The van der Waals surface area contributed by atoms with E-state index in [4.69, 9.17) is 5.73 Å². The lowest BCUT2D eigenvalue weighted by Crippen LogP contribution is -2.37. The minimum Gasteiger partial charge on any atom is -0.382 e. The Morgan fingerprint density at radius 3 is 2.52 bits per heavy atom. The first-order valence-corrected chi connectivity index (χ1v) is 8.81. The third-order valence-corrected chi connectivity index (χ3v) is 5.53. The van der Waals surface area contributed by atoms with Gasteiger partial charge in [-0.15, -0.1) is 0 Å². The second kappa shape index (κ2) is 6.22. The van der Waals surface area contributed by atoms with E-state index in [9.17, 15) is 4.79 Å². The van der Waals surface area contributed by atoms with Gasteiger partial charge in [-0.3, -0.25) is 4.79 Å². The molecule has 0 saturated heterocycles. The second-order valence-corrected chi connectivity index (χ2v) is 7.25. The Hall–Kier alpha value is -1.30. The van der Waals surface area contributed by atoms with E-state index in [0.717, 1.165) is 23.9 Å². The zero-order valence-corrected chi connectivity index (χ0v) is 13.3. The molecular formula is C15H24N4OS. The Balaban J connectivity index is 1.56. The summed E-state index contributed by atoms with van der Waals surface area (Å²) >= 11 is 1.37. The minimum atomic E-state index is -0.0613. The highest BCUT2D eigenvalue weighted by atomic mass is 32.1. The number of hydrogen-bond acceptors (Lipinski definition) is 5. The molecule has 1 amide bonds. The smallest absolute Gasteiger partial charge is 0.265 e. The average molecular weight is 308 g/mol. The lowest BCUT2D eigenvalue weighted by Gasteiger charge is -2.28. The Morgan fingerprint density at radius 2 is 1.90 bits per heavy atom. The van der Waals surface area contributed by atoms with E-state index in [1.165, 1.54) is 43.4 Å². The highest BCUT2D eigenvalue weighted by molar-refractivity contribution is 7.18. The molecule has 3 rings (SSSR count). The van der Waals surface area contributed by atoms with Crippen molar-refractivity contribution in [3.8, 4) is 0 Å². The molecule has 0 aromatic carbocycles. The van der Waals surface area contributed by atoms with Crippen molar-refractivity contribution in [1.29, 1.82) is 0 Å². The van der Waals surface area contributed by atoms with Gasteiger partial charge in [0, 0.05) is 12.1 Å². The first-order chi connectivity index (χ1) is 10.2. The molecule has 116 valence electrons. The van der Waals surface area contributed by atoms with Gasteiger partial charge in [0.15, 0.2) is 5.13 Å². The SMILES string of the molecule is CCC1CCC(NC(=O)c2sc(NC3CC3)nc2N)CC1. The van der Waals surface area contributed by atoms with Gasteiger partial charge in [0.05, 0.1) is 0 Å². The third-order valence-electron chi connectivity index (χ3n) is 4.52. The standard InChI is InChI=1S/C15H24N4OS/c1-2-9-3-5-10(6-4-9)17-14(20)12-13(16)19-15(21-12)18-11-7-8-11/h9-11H,2-8,16H2,1H3,(H,17,20)(H,18,19). The van der Waals surface area contributed by atoms with Crippen LogP contribution in [0.3, 0.4) is 0 Å². The van der Waals surface area contributed by atoms with Gasteiger partial charge in [0.2, 0.25) is 0 Å². The van der Waals surface area contributed by atoms with E-state index in [1.54, 1.807) is 0 Å². The molecule has 2 aliphatic rings. The Bertz CT molecular complexity index is 504. The summed E-state index contributed by atoms with van der Waals surface area (Å²) in [4.78, 5) is 17.2. The van der Waals surface area contributed by atoms with E-state index >= 15 is 0 Å². The summed E-state index contributed by atoms with van der Waals surface area (Å²) in [5.41, 5.74) is 5.89. The van der Waals surface area contributed by atoms with Crippen LogP contribution in [0.25, 0.3) is 0 Å². The molecule has 0 bridgehead atoms. The number of rotatable bonds is 5. The summed E-state index contributed by atoms with van der Waals surface area (Å²) in [7, 11) is 0. The zero-order valence-electron chi connectivity index (χ0n) is 12.5. The Kier molecular flexibility index (Phi) is 4.33. The molecular weight excluding hydrogens is 284 g/mol. The topological polar surface area (TPSA) is 80.0 Å². The fraction of sp³-hybridized carbons (Fsp3) is 0.733. The van der Waals surface area contributed by atoms with E-state index in [1.807, 2.05) is 0 Å². The van der Waals surface area contributed by atoms with Gasteiger partial charge in [0.25, 0.3) is 5.91 Å². The Labute approximate surface area is 129 Å². The van der Waals surface area contributed by atoms with Crippen LogP contribution in [0, 0.1) is 5.92 Å². The number of nitrogens with zero attached hydrogens (tertiary/aromatic N) is 1. The lowest BCUT2D eigenvalue weighted by molar-refractivity contribution is 0.0926. The lowest BCUT2D eigenvalue weighted by atomic mass is 9.84. The molecule has 0 spiro atoms. The predicted octanol–water partition coefficient (Wildman–Crippen LogP) is 3.00. The Morgan fingerprint density at radius 1 is 1.24 bits per heavy atom.